The van der Waals surface area contributed by atoms with Crippen molar-refractivity contribution in [3.8, 4) is 0 Å². The fraction of sp³-hybridized carbons (Fsp3) is 0.500. The molecule has 0 bridgehead atoms. The number of carbonyl (C=O) groups is 1. The summed E-state index contributed by atoms with van der Waals surface area (Å²) in [5, 5.41) is 3.09. The number of nitrogens with two attached hydrogens (primary N) is 1. The highest BCUT2D eigenvalue weighted by atomic mass is 16.5. The zero-order valence-electron chi connectivity index (χ0n) is 8.06. The monoisotopic (exact) mass is 198 g/mol. The minimum atomic E-state index is -0.743. The molecule has 0 saturated heterocycles. The van der Waals surface area contributed by atoms with Crippen molar-refractivity contribution in [2.75, 3.05) is 13.2 Å². The van der Waals surface area contributed by atoms with E-state index in [-0.39, 0.29) is 6.61 Å². The van der Waals surface area contributed by atoms with E-state index in [1.54, 1.807) is 12.5 Å². The molecule has 6 nitrogen and oxygen atoms in total. The van der Waals surface area contributed by atoms with Gasteiger partial charge in [0.1, 0.15) is 6.61 Å². The van der Waals surface area contributed by atoms with Gasteiger partial charge in [-0.05, 0) is 0 Å². The van der Waals surface area contributed by atoms with Crippen LogP contribution in [0, 0.1) is 0 Å². The molecule has 0 aliphatic heterocycles. The Morgan fingerprint density at radius 1 is 1.79 bits per heavy atom. The SMILES string of the molecule is Cn1cncc1CNCCOC(N)=O. The lowest BCUT2D eigenvalue weighted by Crippen LogP contribution is -2.23. The molecule has 6 heteroatoms. The quantitative estimate of drug-likeness (QED) is 0.631. The normalized spacial score (nSPS) is 10.1. The molecule has 1 aromatic rings. The van der Waals surface area contributed by atoms with Crippen LogP contribution in [0.1, 0.15) is 5.69 Å². The number of nitrogens with zero attached hydrogens (tertiary/aromatic N) is 2. The molecule has 14 heavy (non-hydrogen) atoms. The third-order valence-corrected chi connectivity index (χ3v) is 1.75. The molecule has 1 heterocycles. The molecule has 0 saturated carbocycles. The van der Waals surface area contributed by atoms with Crippen LogP contribution in [0.4, 0.5) is 4.79 Å². The Labute approximate surface area is 82.1 Å². The zero-order chi connectivity index (χ0) is 10.4. The Kier molecular flexibility index (Phi) is 3.93. The summed E-state index contributed by atoms with van der Waals surface area (Å²) in [6, 6.07) is 0. The van der Waals surface area contributed by atoms with Gasteiger partial charge in [-0.2, -0.15) is 0 Å². The summed E-state index contributed by atoms with van der Waals surface area (Å²) in [5.41, 5.74) is 5.86. The van der Waals surface area contributed by atoms with E-state index in [4.69, 9.17) is 5.73 Å². The van der Waals surface area contributed by atoms with E-state index < -0.39 is 6.09 Å². The number of aromatic nitrogens is 2. The van der Waals surface area contributed by atoms with E-state index in [1.165, 1.54) is 0 Å². The van der Waals surface area contributed by atoms with E-state index in [0.29, 0.717) is 13.1 Å². The second kappa shape index (κ2) is 5.23. The summed E-state index contributed by atoms with van der Waals surface area (Å²) in [4.78, 5) is 14.2. The summed E-state index contributed by atoms with van der Waals surface area (Å²) < 4.78 is 6.46. The van der Waals surface area contributed by atoms with Crippen molar-refractivity contribution in [1.29, 1.82) is 0 Å². The van der Waals surface area contributed by atoms with E-state index in [9.17, 15) is 4.79 Å². The standard InChI is InChI=1S/C8H14N4O2/c1-12-6-11-5-7(12)4-10-2-3-14-8(9)13/h5-6,10H,2-4H2,1H3,(H2,9,13). The summed E-state index contributed by atoms with van der Waals surface area (Å²) in [6.07, 6.45) is 2.77. The van der Waals surface area contributed by atoms with Crippen molar-refractivity contribution >= 4 is 6.09 Å². The van der Waals surface area contributed by atoms with Crippen LogP contribution in [-0.4, -0.2) is 28.8 Å². The number of carbonyl (C=O) groups excluding carboxylic acids is 1. The zero-order valence-corrected chi connectivity index (χ0v) is 8.06. The maximum Gasteiger partial charge on any atom is 0.404 e. The Hall–Kier alpha value is -1.56. The Balaban J connectivity index is 2.10. The highest BCUT2D eigenvalue weighted by molar-refractivity contribution is 5.64. The Bertz CT molecular complexity index is 297. The lowest BCUT2D eigenvalue weighted by atomic mass is 10.4. The fourth-order valence-electron chi connectivity index (χ4n) is 0.995. The lowest BCUT2D eigenvalue weighted by molar-refractivity contribution is 0.157. The van der Waals surface area contributed by atoms with Gasteiger partial charge in [-0.25, -0.2) is 9.78 Å². The van der Waals surface area contributed by atoms with Gasteiger partial charge in [-0.1, -0.05) is 0 Å². The van der Waals surface area contributed by atoms with Gasteiger partial charge < -0.3 is 20.4 Å². The Morgan fingerprint density at radius 2 is 2.57 bits per heavy atom. The van der Waals surface area contributed by atoms with E-state index in [2.05, 4.69) is 15.0 Å². The number of nitrogens with one attached hydrogen (secondary N) is 1. The largest absolute Gasteiger partial charge is 0.448 e. The molecular formula is C8H14N4O2. The second-order valence-corrected chi connectivity index (χ2v) is 2.84. The summed E-state index contributed by atoms with van der Waals surface area (Å²) >= 11 is 0. The molecular weight excluding hydrogens is 184 g/mol. The Morgan fingerprint density at radius 3 is 3.14 bits per heavy atom. The van der Waals surface area contributed by atoms with Crippen molar-refractivity contribution in [2.24, 2.45) is 12.8 Å². The fourth-order valence-corrected chi connectivity index (χ4v) is 0.995. The molecule has 0 aromatic carbocycles. The number of hydrogen-bond acceptors (Lipinski definition) is 4. The van der Waals surface area contributed by atoms with Gasteiger partial charge in [-0.15, -0.1) is 0 Å². The highest BCUT2D eigenvalue weighted by Gasteiger charge is 1.97. The molecule has 0 fully saturated rings. The first-order chi connectivity index (χ1) is 6.70. The number of ether oxygens (including phenoxy) is 1. The predicted octanol–water partition coefficient (Wildman–Crippen LogP) is -0.395. The van der Waals surface area contributed by atoms with Gasteiger partial charge in [0, 0.05) is 26.3 Å². The van der Waals surface area contributed by atoms with E-state index >= 15 is 0 Å². The van der Waals surface area contributed by atoms with E-state index in [1.807, 2.05) is 11.6 Å². The molecule has 0 aliphatic rings. The van der Waals surface area contributed by atoms with Crippen molar-refractivity contribution < 1.29 is 9.53 Å². The summed E-state index contributed by atoms with van der Waals surface area (Å²) in [7, 11) is 1.92. The van der Waals surface area contributed by atoms with Crippen molar-refractivity contribution in [1.82, 2.24) is 14.9 Å². The third kappa shape index (κ3) is 3.44. The number of imidazole rings is 1. The van der Waals surface area contributed by atoms with Crippen molar-refractivity contribution in [2.45, 2.75) is 6.54 Å². The maximum absolute atomic E-state index is 10.2. The van der Waals surface area contributed by atoms with Crippen LogP contribution in [0.15, 0.2) is 12.5 Å². The molecule has 1 aromatic heterocycles. The topological polar surface area (TPSA) is 82.2 Å². The first-order valence-corrected chi connectivity index (χ1v) is 4.28. The van der Waals surface area contributed by atoms with Crippen molar-refractivity contribution in [3.63, 3.8) is 0 Å². The van der Waals surface area contributed by atoms with Crippen LogP contribution in [0.2, 0.25) is 0 Å². The van der Waals surface area contributed by atoms with Gasteiger partial charge in [0.2, 0.25) is 0 Å². The highest BCUT2D eigenvalue weighted by Crippen LogP contribution is 1.94. The van der Waals surface area contributed by atoms with Crippen LogP contribution in [0.3, 0.4) is 0 Å². The predicted molar refractivity (Wildman–Crippen MR) is 50.5 cm³/mol. The van der Waals surface area contributed by atoms with Gasteiger partial charge in [0.25, 0.3) is 0 Å². The van der Waals surface area contributed by atoms with E-state index in [0.717, 1.165) is 5.69 Å². The van der Waals surface area contributed by atoms with Crippen LogP contribution >= 0.6 is 0 Å². The second-order valence-electron chi connectivity index (χ2n) is 2.84. The number of primary amides is 1. The van der Waals surface area contributed by atoms with Crippen LogP contribution < -0.4 is 11.1 Å². The lowest BCUT2D eigenvalue weighted by Gasteiger charge is -2.04. The summed E-state index contributed by atoms with van der Waals surface area (Å²) in [5.74, 6) is 0. The first-order valence-electron chi connectivity index (χ1n) is 4.28. The molecule has 3 N–H and O–H groups in total. The van der Waals surface area contributed by atoms with Crippen LogP contribution in [-0.2, 0) is 18.3 Å². The number of amides is 1. The van der Waals surface area contributed by atoms with Crippen molar-refractivity contribution in [3.05, 3.63) is 18.2 Å². The maximum atomic E-state index is 10.2. The first kappa shape index (κ1) is 10.5. The minimum Gasteiger partial charge on any atom is -0.448 e. The molecule has 0 aliphatic carbocycles. The minimum absolute atomic E-state index is 0.285. The number of aryl methyl sites for hydroxylation is 1. The number of rotatable bonds is 5. The van der Waals surface area contributed by atoms with Crippen LogP contribution in [0.5, 0.6) is 0 Å². The average Bonchev–Trinajstić information content (AvgIpc) is 2.51. The number of hydrogen-bond donors (Lipinski definition) is 2. The smallest absolute Gasteiger partial charge is 0.404 e. The molecule has 0 spiro atoms. The van der Waals surface area contributed by atoms with Crippen LogP contribution in [0.25, 0.3) is 0 Å². The molecule has 1 rings (SSSR count). The van der Waals surface area contributed by atoms with Gasteiger partial charge in [0.15, 0.2) is 0 Å². The molecule has 0 atom stereocenters. The van der Waals surface area contributed by atoms with Gasteiger partial charge in [0.05, 0.1) is 12.0 Å². The van der Waals surface area contributed by atoms with Gasteiger partial charge >= 0.3 is 6.09 Å². The van der Waals surface area contributed by atoms with Gasteiger partial charge in [-0.3, -0.25) is 0 Å². The molecule has 0 radical (unpaired) electrons. The summed E-state index contributed by atoms with van der Waals surface area (Å²) in [6.45, 7) is 1.56. The average molecular weight is 198 g/mol. The molecule has 0 unspecified atom stereocenters. The third-order valence-electron chi connectivity index (χ3n) is 1.75. The molecule has 78 valence electrons. The molecule has 1 amide bonds.